The molecule has 3 heteroatoms. The molecule has 0 aliphatic heterocycles. The lowest BCUT2D eigenvalue weighted by Crippen LogP contribution is -2.10. The molecule has 0 saturated heterocycles. The second-order valence-corrected chi connectivity index (χ2v) is 3.88. The highest BCUT2D eigenvalue weighted by molar-refractivity contribution is 5.24. The van der Waals surface area contributed by atoms with E-state index in [0.717, 1.165) is 18.7 Å². The van der Waals surface area contributed by atoms with Gasteiger partial charge in [-0.1, -0.05) is 6.92 Å². The van der Waals surface area contributed by atoms with Gasteiger partial charge in [-0.25, -0.2) is 0 Å². The Morgan fingerprint density at radius 3 is 2.57 bits per heavy atom. The molecule has 0 spiro atoms. The second-order valence-electron chi connectivity index (χ2n) is 3.88. The Kier molecular flexibility index (Phi) is 3.69. The summed E-state index contributed by atoms with van der Waals surface area (Å²) in [6, 6.07) is 0.499. The third-order valence-electron chi connectivity index (χ3n) is 2.84. The van der Waals surface area contributed by atoms with Crippen molar-refractivity contribution in [1.29, 1.82) is 0 Å². The highest BCUT2D eigenvalue weighted by Gasteiger charge is 2.13. The summed E-state index contributed by atoms with van der Waals surface area (Å²) >= 11 is 0. The summed E-state index contributed by atoms with van der Waals surface area (Å²) in [5.41, 5.74) is 3.79. The zero-order valence-electron chi connectivity index (χ0n) is 9.89. The van der Waals surface area contributed by atoms with E-state index >= 15 is 0 Å². The Hall–Kier alpha value is -0.830. The Balaban J connectivity index is 3.03. The van der Waals surface area contributed by atoms with Crippen molar-refractivity contribution in [2.24, 2.45) is 0 Å². The van der Waals surface area contributed by atoms with Crippen LogP contribution in [0.15, 0.2) is 0 Å². The number of nitrogens with zero attached hydrogens (tertiary/aromatic N) is 2. The second kappa shape index (κ2) is 4.60. The molecule has 1 aromatic rings. The molecular weight excluding hydrogens is 174 g/mol. The Morgan fingerprint density at radius 2 is 2.07 bits per heavy atom. The quantitative estimate of drug-likeness (QED) is 0.798. The van der Waals surface area contributed by atoms with Crippen molar-refractivity contribution in [1.82, 2.24) is 15.1 Å². The topological polar surface area (TPSA) is 29.9 Å². The van der Waals surface area contributed by atoms with E-state index in [9.17, 15) is 0 Å². The first-order valence-electron chi connectivity index (χ1n) is 5.31. The van der Waals surface area contributed by atoms with E-state index in [1.807, 2.05) is 7.05 Å². The van der Waals surface area contributed by atoms with Gasteiger partial charge in [0.05, 0.1) is 5.69 Å². The predicted molar refractivity (Wildman–Crippen MR) is 59.5 cm³/mol. The number of hydrogen-bond donors (Lipinski definition) is 1. The summed E-state index contributed by atoms with van der Waals surface area (Å²) in [5.74, 6) is 0. The van der Waals surface area contributed by atoms with Gasteiger partial charge in [-0.15, -0.1) is 0 Å². The molecule has 1 rings (SSSR count). The Morgan fingerprint density at radius 1 is 1.43 bits per heavy atom. The standard InChI is InChI=1S/C11H21N3/c1-6-8(2)14-10(4)11(7-12-5)9(3)13-14/h8,12H,6-7H2,1-5H3. The molecule has 0 amide bonds. The fourth-order valence-electron chi connectivity index (χ4n) is 1.73. The minimum atomic E-state index is 0.499. The van der Waals surface area contributed by atoms with Crippen molar-refractivity contribution in [3.63, 3.8) is 0 Å². The van der Waals surface area contributed by atoms with Crippen LogP contribution in [-0.4, -0.2) is 16.8 Å². The first-order chi connectivity index (χ1) is 6.61. The SMILES string of the molecule is CCC(C)n1nc(C)c(CNC)c1C. The number of hydrogen-bond acceptors (Lipinski definition) is 2. The lowest BCUT2D eigenvalue weighted by atomic mass is 10.2. The number of rotatable bonds is 4. The first-order valence-corrected chi connectivity index (χ1v) is 5.31. The maximum Gasteiger partial charge on any atom is 0.0641 e. The fraction of sp³-hybridized carbons (Fsp3) is 0.727. The summed E-state index contributed by atoms with van der Waals surface area (Å²) in [6.45, 7) is 9.55. The normalized spacial score (nSPS) is 13.2. The fourth-order valence-corrected chi connectivity index (χ4v) is 1.73. The van der Waals surface area contributed by atoms with Crippen LogP contribution in [0, 0.1) is 13.8 Å². The summed E-state index contributed by atoms with van der Waals surface area (Å²) < 4.78 is 2.14. The summed E-state index contributed by atoms with van der Waals surface area (Å²) in [7, 11) is 1.97. The average molecular weight is 195 g/mol. The molecule has 1 aromatic heterocycles. The molecule has 1 N–H and O–H groups in total. The van der Waals surface area contributed by atoms with Crippen molar-refractivity contribution in [2.75, 3.05) is 7.05 Å². The number of aryl methyl sites for hydroxylation is 1. The van der Waals surface area contributed by atoms with Gasteiger partial charge >= 0.3 is 0 Å². The van der Waals surface area contributed by atoms with Crippen LogP contribution in [-0.2, 0) is 6.54 Å². The molecule has 0 radical (unpaired) electrons. The minimum Gasteiger partial charge on any atom is -0.316 e. The van der Waals surface area contributed by atoms with Crippen LogP contribution in [0.5, 0.6) is 0 Å². The van der Waals surface area contributed by atoms with E-state index < -0.39 is 0 Å². The van der Waals surface area contributed by atoms with Gasteiger partial charge in [0.15, 0.2) is 0 Å². The van der Waals surface area contributed by atoms with Crippen LogP contribution < -0.4 is 5.32 Å². The van der Waals surface area contributed by atoms with Gasteiger partial charge in [-0.3, -0.25) is 4.68 Å². The largest absolute Gasteiger partial charge is 0.316 e. The third-order valence-corrected chi connectivity index (χ3v) is 2.84. The van der Waals surface area contributed by atoms with E-state index in [0.29, 0.717) is 6.04 Å². The van der Waals surface area contributed by atoms with Gasteiger partial charge in [0.1, 0.15) is 0 Å². The van der Waals surface area contributed by atoms with Gasteiger partial charge in [0.2, 0.25) is 0 Å². The van der Waals surface area contributed by atoms with Crippen LogP contribution in [0.4, 0.5) is 0 Å². The van der Waals surface area contributed by atoms with E-state index in [2.05, 4.69) is 42.8 Å². The molecule has 0 fully saturated rings. The maximum atomic E-state index is 4.58. The molecule has 3 nitrogen and oxygen atoms in total. The molecule has 0 aliphatic carbocycles. The molecule has 14 heavy (non-hydrogen) atoms. The van der Waals surface area contributed by atoms with E-state index in [4.69, 9.17) is 0 Å². The monoisotopic (exact) mass is 195 g/mol. The zero-order chi connectivity index (χ0) is 10.7. The number of aromatic nitrogens is 2. The van der Waals surface area contributed by atoms with Crippen LogP contribution in [0.2, 0.25) is 0 Å². The van der Waals surface area contributed by atoms with Gasteiger partial charge in [-0.2, -0.15) is 5.10 Å². The molecule has 0 aromatic carbocycles. The Bertz CT molecular complexity index is 302. The van der Waals surface area contributed by atoms with Crippen LogP contribution >= 0.6 is 0 Å². The first kappa shape index (κ1) is 11.2. The smallest absolute Gasteiger partial charge is 0.0641 e. The van der Waals surface area contributed by atoms with Gasteiger partial charge in [-0.05, 0) is 34.2 Å². The highest BCUT2D eigenvalue weighted by atomic mass is 15.3. The maximum absolute atomic E-state index is 4.58. The Labute approximate surface area is 86.5 Å². The van der Waals surface area contributed by atoms with Crippen LogP contribution in [0.25, 0.3) is 0 Å². The molecule has 0 aliphatic rings. The number of nitrogens with one attached hydrogen (secondary N) is 1. The lowest BCUT2D eigenvalue weighted by molar-refractivity contribution is 0.464. The summed E-state index contributed by atoms with van der Waals surface area (Å²) in [4.78, 5) is 0. The lowest BCUT2D eigenvalue weighted by Gasteiger charge is -2.11. The molecular formula is C11H21N3. The van der Waals surface area contributed by atoms with Gasteiger partial charge in [0, 0.05) is 23.8 Å². The molecule has 1 atom stereocenters. The van der Waals surface area contributed by atoms with E-state index in [1.165, 1.54) is 11.3 Å². The average Bonchev–Trinajstić information content (AvgIpc) is 2.45. The molecule has 0 saturated carbocycles. The summed E-state index contributed by atoms with van der Waals surface area (Å²) in [5, 5.41) is 7.76. The molecule has 1 heterocycles. The van der Waals surface area contributed by atoms with E-state index in [1.54, 1.807) is 0 Å². The van der Waals surface area contributed by atoms with Gasteiger partial charge < -0.3 is 5.32 Å². The van der Waals surface area contributed by atoms with Crippen molar-refractivity contribution in [3.8, 4) is 0 Å². The predicted octanol–water partition coefficient (Wildman–Crippen LogP) is 2.19. The van der Waals surface area contributed by atoms with Crippen LogP contribution in [0.3, 0.4) is 0 Å². The third kappa shape index (κ3) is 1.98. The van der Waals surface area contributed by atoms with Crippen molar-refractivity contribution in [2.45, 2.75) is 46.7 Å². The van der Waals surface area contributed by atoms with Crippen LogP contribution in [0.1, 0.15) is 43.3 Å². The highest BCUT2D eigenvalue weighted by Crippen LogP contribution is 2.18. The van der Waals surface area contributed by atoms with Crippen molar-refractivity contribution >= 4 is 0 Å². The zero-order valence-corrected chi connectivity index (χ0v) is 9.89. The van der Waals surface area contributed by atoms with Crippen molar-refractivity contribution < 1.29 is 0 Å². The summed E-state index contributed by atoms with van der Waals surface area (Å²) in [6.07, 6.45) is 1.13. The molecule has 1 unspecified atom stereocenters. The van der Waals surface area contributed by atoms with E-state index in [-0.39, 0.29) is 0 Å². The molecule has 80 valence electrons. The van der Waals surface area contributed by atoms with Gasteiger partial charge in [0.25, 0.3) is 0 Å². The minimum absolute atomic E-state index is 0.499. The van der Waals surface area contributed by atoms with Crippen molar-refractivity contribution in [3.05, 3.63) is 17.0 Å². The molecule has 0 bridgehead atoms.